The van der Waals surface area contributed by atoms with E-state index in [1.165, 1.54) is 22.3 Å². The minimum Gasteiger partial charge on any atom is -0.427 e. The second-order valence-corrected chi connectivity index (χ2v) is 11.0. The first kappa shape index (κ1) is 27.7. The summed E-state index contributed by atoms with van der Waals surface area (Å²) in [6.07, 6.45) is 7.56. The molecule has 1 aliphatic rings. The third kappa shape index (κ3) is 5.76. The molecule has 0 saturated carbocycles. The maximum atomic E-state index is 6.16. The van der Waals surface area contributed by atoms with Crippen molar-refractivity contribution in [2.24, 2.45) is 0 Å². The SMILES string of the molecule is CCC1(/C=C/c2ccc(C(CC)(CC)c3ccc([B]OC(C)(C)C(C)(C)OC)cc3)cc2C)CO1. The van der Waals surface area contributed by atoms with Crippen LogP contribution in [0.25, 0.3) is 6.08 Å². The Hall–Kier alpha value is -1.88. The first-order valence-corrected chi connectivity index (χ1v) is 13.1. The van der Waals surface area contributed by atoms with Crippen molar-refractivity contribution in [2.45, 2.75) is 96.9 Å². The van der Waals surface area contributed by atoms with Gasteiger partial charge in [-0.05, 0) is 82.2 Å². The molecular formula is C31H44BO3. The molecule has 189 valence electrons. The minimum atomic E-state index is -0.451. The van der Waals surface area contributed by atoms with E-state index in [-0.39, 0.29) is 11.0 Å². The lowest BCUT2D eigenvalue weighted by atomic mass is 9.69. The fourth-order valence-corrected chi connectivity index (χ4v) is 4.63. The van der Waals surface area contributed by atoms with Crippen molar-refractivity contribution in [3.63, 3.8) is 0 Å². The lowest BCUT2D eigenvalue weighted by molar-refractivity contribution is -0.114. The maximum Gasteiger partial charge on any atom is 0.330 e. The Morgan fingerprint density at radius 1 is 0.943 bits per heavy atom. The van der Waals surface area contributed by atoms with E-state index in [2.05, 4.69) is 96.2 Å². The lowest BCUT2D eigenvalue weighted by Crippen LogP contribution is -2.50. The van der Waals surface area contributed by atoms with Gasteiger partial charge in [-0.15, -0.1) is 0 Å². The minimum absolute atomic E-state index is 0.0199. The summed E-state index contributed by atoms with van der Waals surface area (Å²) in [5.74, 6) is 0. The Balaban J connectivity index is 1.81. The second kappa shape index (κ2) is 10.6. The number of rotatable bonds is 12. The summed E-state index contributed by atoms with van der Waals surface area (Å²) in [6, 6.07) is 15.8. The molecule has 3 rings (SSSR count). The molecule has 35 heavy (non-hydrogen) atoms. The standard InChI is InChI=1S/C31H44BO3/c1-10-30(22-34-30)20-19-24-13-14-26(21-23(24)4)31(11-2,12-3)25-15-17-27(18-16-25)32-35-29(7,8)28(5,6)33-9/h13-21H,10-12,22H2,1-9H3/b20-19+. The molecule has 1 atom stereocenters. The van der Waals surface area contributed by atoms with Crippen LogP contribution >= 0.6 is 0 Å². The highest BCUT2D eigenvalue weighted by Gasteiger charge is 2.40. The molecular weight excluding hydrogens is 431 g/mol. The van der Waals surface area contributed by atoms with Gasteiger partial charge in [-0.25, -0.2) is 0 Å². The van der Waals surface area contributed by atoms with Crippen molar-refractivity contribution in [1.82, 2.24) is 0 Å². The van der Waals surface area contributed by atoms with Gasteiger partial charge in [-0.3, -0.25) is 0 Å². The average Bonchev–Trinajstić information content (AvgIpc) is 3.64. The summed E-state index contributed by atoms with van der Waals surface area (Å²) in [5, 5.41) is 0. The zero-order chi connectivity index (χ0) is 25.9. The Morgan fingerprint density at radius 3 is 2.03 bits per heavy atom. The normalized spacial score (nSPS) is 18.8. The van der Waals surface area contributed by atoms with Crippen LogP contribution in [0.1, 0.15) is 90.0 Å². The Kier molecular flexibility index (Phi) is 8.41. The predicted molar refractivity (Wildman–Crippen MR) is 149 cm³/mol. The van der Waals surface area contributed by atoms with Crippen molar-refractivity contribution < 1.29 is 14.1 Å². The van der Waals surface area contributed by atoms with Crippen LogP contribution in [-0.4, -0.2) is 38.0 Å². The highest BCUT2D eigenvalue weighted by atomic mass is 16.6. The van der Waals surface area contributed by atoms with E-state index in [0.29, 0.717) is 0 Å². The molecule has 1 fully saturated rings. The summed E-state index contributed by atoms with van der Waals surface area (Å²) >= 11 is 0. The van der Waals surface area contributed by atoms with Crippen LogP contribution in [0.5, 0.6) is 0 Å². The van der Waals surface area contributed by atoms with E-state index in [1.807, 2.05) is 21.3 Å². The Morgan fingerprint density at radius 2 is 1.54 bits per heavy atom. The van der Waals surface area contributed by atoms with E-state index in [1.54, 1.807) is 7.11 Å². The fraction of sp³-hybridized carbons (Fsp3) is 0.548. The molecule has 0 bridgehead atoms. The molecule has 0 spiro atoms. The van der Waals surface area contributed by atoms with E-state index >= 15 is 0 Å². The van der Waals surface area contributed by atoms with Gasteiger partial charge in [0.05, 0.1) is 17.8 Å². The molecule has 1 unspecified atom stereocenters. The molecule has 0 aromatic heterocycles. The van der Waals surface area contributed by atoms with Gasteiger partial charge in [0.25, 0.3) is 0 Å². The van der Waals surface area contributed by atoms with Crippen molar-refractivity contribution in [1.29, 1.82) is 0 Å². The van der Waals surface area contributed by atoms with E-state index in [9.17, 15) is 0 Å². The maximum absolute atomic E-state index is 6.16. The summed E-state index contributed by atoms with van der Waals surface area (Å²) in [6.45, 7) is 18.0. The number of ether oxygens (including phenoxy) is 2. The molecule has 3 nitrogen and oxygen atoms in total. The van der Waals surface area contributed by atoms with E-state index in [4.69, 9.17) is 14.1 Å². The molecule has 1 radical (unpaired) electrons. The number of hydrogen-bond acceptors (Lipinski definition) is 3. The number of benzene rings is 2. The van der Waals surface area contributed by atoms with Gasteiger partial charge >= 0.3 is 7.48 Å². The Labute approximate surface area is 214 Å². The van der Waals surface area contributed by atoms with E-state index < -0.39 is 11.2 Å². The van der Waals surface area contributed by atoms with Crippen LogP contribution in [0.4, 0.5) is 0 Å². The van der Waals surface area contributed by atoms with Crippen molar-refractivity contribution in [3.05, 3.63) is 70.8 Å². The first-order chi connectivity index (χ1) is 16.5. The number of hydrogen-bond donors (Lipinski definition) is 0. The van der Waals surface area contributed by atoms with Crippen molar-refractivity contribution in [3.8, 4) is 0 Å². The highest BCUT2D eigenvalue weighted by Crippen LogP contribution is 2.40. The molecule has 2 aromatic rings. The summed E-state index contributed by atoms with van der Waals surface area (Å²) in [5.41, 5.74) is 5.44. The molecule has 1 aliphatic heterocycles. The summed E-state index contributed by atoms with van der Waals surface area (Å²) in [4.78, 5) is 0. The number of epoxide rings is 1. The van der Waals surface area contributed by atoms with Crippen LogP contribution in [0.15, 0.2) is 48.5 Å². The van der Waals surface area contributed by atoms with Gasteiger partial charge in [0.1, 0.15) is 5.60 Å². The topological polar surface area (TPSA) is 31.0 Å². The number of methoxy groups -OCH3 is 1. The largest absolute Gasteiger partial charge is 0.427 e. The monoisotopic (exact) mass is 475 g/mol. The summed E-state index contributed by atoms with van der Waals surface area (Å²) < 4.78 is 17.4. The molecule has 1 saturated heterocycles. The lowest BCUT2D eigenvalue weighted by Gasteiger charge is -2.40. The van der Waals surface area contributed by atoms with Gasteiger partial charge in [0, 0.05) is 12.5 Å². The molecule has 0 aliphatic carbocycles. The third-order valence-electron chi connectivity index (χ3n) is 8.62. The van der Waals surface area contributed by atoms with Gasteiger partial charge in [-0.2, -0.15) is 0 Å². The van der Waals surface area contributed by atoms with Crippen molar-refractivity contribution in [2.75, 3.05) is 13.7 Å². The molecule has 0 amide bonds. The van der Waals surface area contributed by atoms with Gasteiger partial charge in [-0.1, -0.05) is 74.8 Å². The number of aryl methyl sites for hydroxylation is 1. The Bertz CT molecular complexity index is 1010. The highest BCUT2D eigenvalue weighted by molar-refractivity contribution is 6.47. The third-order valence-corrected chi connectivity index (χ3v) is 8.62. The smallest absolute Gasteiger partial charge is 0.330 e. The fourth-order valence-electron chi connectivity index (χ4n) is 4.63. The van der Waals surface area contributed by atoms with Crippen LogP contribution in [0.2, 0.25) is 0 Å². The molecule has 2 aromatic carbocycles. The zero-order valence-corrected chi connectivity index (χ0v) is 23.3. The second-order valence-electron chi connectivity index (χ2n) is 11.0. The van der Waals surface area contributed by atoms with Crippen LogP contribution < -0.4 is 5.46 Å². The van der Waals surface area contributed by atoms with Gasteiger partial charge < -0.3 is 14.1 Å². The quantitative estimate of drug-likeness (QED) is 0.251. The van der Waals surface area contributed by atoms with Gasteiger partial charge in [0.2, 0.25) is 0 Å². The van der Waals surface area contributed by atoms with Crippen LogP contribution in [0, 0.1) is 6.92 Å². The molecule has 0 N–H and O–H groups in total. The average molecular weight is 476 g/mol. The predicted octanol–water partition coefficient (Wildman–Crippen LogP) is 6.76. The van der Waals surface area contributed by atoms with Crippen molar-refractivity contribution >= 4 is 19.0 Å². The van der Waals surface area contributed by atoms with E-state index in [0.717, 1.165) is 31.3 Å². The summed E-state index contributed by atoms with van der Waals surface area (Å²) in [7, 11) is 3.57. The van der Waals surface area contributed by atoms with Crippen LogP contribution in [0.3, 0.4) is 0 Å². The zero-order valence-electron chi connectivity index (χ0n) is 23.3. The van der Waals surface area contributed by atoms with Gasteiger partial charge in [0.15, 0.2) is 0 Å². The molecule has 1 heterocycles. The first-order valence-electron chi connectivity index (χ1n) is 13.1. The molecule has 4 heteroatoms. The van der Waals surface area contributed by atoms with Crippen LogP contribution in [-0.2, 0) is 19.5 Å².